The molecule has 0 saturated carbocycles. The summed E-state index contributed by atoms with van der Waals surface area (Å²) in [5, 5.41) is 0. The van der Waals surface area contributed by atoms with Gasteiger partial charge in [-0.15, -0.1) is 0 Å². The molecule has 7 nitrogen and oxygen atoms in total. The summed E-state index contributed by atoms with van der Waals surface area (Å²) in [7, 11) is 3.16. The van der Waals surface area contributed by atoms with Crippen LogP contribution in [0.15, 0.2) is 54.6 Å². The summed E-state index contributed by atoms with van der Waals surface area (Å²) >= 11 is 0. The van der Waals surface area contributed by atoms with Crippen LogP contribution in [0.5, 0.6) is 23.0 Å². The van der Waals surface area contributed by atoms with Gasteiger partial charge in [0.1, 0.15) is 18.2 Å². The van der Waals surface area contributed by atoms with Gasteiger partial charge < -0.3 is 18.9 Å². The molecule has 2 aromatic carbocycles. The van der Waals surface area contributed by atoms with E-state index in [4.69, 9.17) is 18.9 Å². The number of carbonyl (C=O) groups excluding carboxylic acids is 1. The van der Waals surface area contributed by atoms with Crippen molar-refractivity contribution in [1.82, 2.24) is 9.88 Å². The van der Waals surface area contributed by atoms with Crippen LogP contribution in [0.2, 0.25) is 0 Å². The Bertz CT molecular complexity index is 1250. The average Bonchev–Trinajstić information content (AvgIpc) is 3.16. The molecule has 0 unspecified atom stereocenters. The Labute approximate surface area is 192 Å². The van der Waals surface area contributed by atoms with Gasteiger partial charge in [0.25, 0.3) is 0 Å². The van der Waals surface area contributed by atoms with Crippen molar-refractivity contribution in [2.24, 2.45) is 0 Å². The second-order valence-electron chi connectivity index (χ2n) is 8.05. The molecule has 0 bridgehead atoms. The van der Waals surface area contributed by atoms with Crippen molar-refractivity contribution < 1.29 is 23.7 Å². The van der Waals surface area contributed by atoms with Gasteiger partial charge in [0.05, 0.1) is 25.3 Å². The summed E-state index contributed by atoms with van der Waals surface area (Å²) in [5.74, 6) is 2.69. The van der Waals surface area contributed by atoms with E-state index in [-0.39, 0.29) is 11.5 Å². The average molecular weight is 444 g/mol. The fourth-order valence-corrected chi connectivity index (χ4v) is 4.22. The SMILES string of the molecule is COc1ccc(C=C2Oc3c4c(cc(C)c3C2=O)OCN(Cc2cccnc2)C4)cc1OC. The molecule has 0 saturated heterocycles. The number of fused-ring (bicyclic) bond motifs is 3. The first-order chi connectivity index (χ1) is 16.1. The van der Waals surface area contributed by atoms with Crippen molar-refractivity contribution in [3.63, 3.8) is 0 Å². The van der Waals surface area contributed by atoms with Crippen LogP contribution in [-0.4, -0.2) is 36.6 Å². The monoisotopic (exact) mass is 444 g/mol. The van der Waals surface area contributed by atoms with Crippen molar-refractivity contribution in [2.75, 3.05) is 21.0 Å². The molecule has 0 amide bonds. The van der Waals surface area contributed by atoms with E-state index < -0.39 is 0 Å². The molecule has 0 aliphatic carbocycles. The molecule has 33 heavy (non-hydrogen) atoms. The highest BCUT2D eigenvalue weighted by molar-refractivity contribution is 6.16. The minimum atomic E-state index is -0.135. The number of hydrogen-bond donors (Lipinski definition) is 0. The van der Waals surface area contributed by atoms with Gasteiger partial charge in [-0.1, -0.05) is 12.1 Å². The quantitative estimate of drug-likeness (QED) is 0.541. The number of ether oxygens (including phenoxy) is 4. The van der Waals surface area contributed by atoms with Gasteiger partial charge in [-0.05, 0) is 54.0 Å². The first kappa shape index (κ1) is 21.0. The minimum Gasteiger partial charge on any atom is -0.493 e. The third-order valence-corrected chi connectivity index (χ3v) is 5.82. The fourth-order valence-electron chi connectivity index (χ4n) is 4.22. The van der Waals surface area contributed by atoms with E-state index in [2.05, 4.69) is 9.88 Å². The molecular weight excluding hydrogens is 420 g/mol. The second-order valence-corrected chi connectivity index (χ2v) is 8.05. The predicted octanol–water partition coefficient (Wildman–Crippen LogP) is 4.38. The van der Waals surface area contributed by atoms with Crippen LogP contribution in [0.25, 0.3) is 6.08 Å². The molecule has 7 heteroatoms. The molecule has 0 atom stereocenters. The van der Waals surface area contributed by atoms with E-state index in [1.807, 2.05) is 43.5 Å². The summed E-state index contributed by atoms with van der Waals surface area (Å²) in [6.45, 7) is 3.68. The number of hydrogen-bond acceptors (Lipinski definition) is 7. The lowest BCUT2D eigenvalue weighted by Crippen LogP contribution is -2.31. The Morgan fingerprint density at radius 3 is 2.76 bits per heavy atom. The first-order valence-electron chi connectivity index (χ1n) is 10.6. The highest BCUT2D eigenvalue weighted by atomic mass is 16.5. The zero-order valence-corrected chi connectivity index (χ0v) is 18.8. The molecule has 3 heterocycles. The van der Waals surface area contributed by atoms with Crippen LogP contribution in [-0.2, 0) is 13.1 Å². The number of methoxy groups -OCH3 is 2. The Morgan fingerprint density at radius 1 is 1.15 bits per heavy atom. The maximum Gasteiger partial charge on any atom is 0.232 e. The maximum atomic E-state index is 13.2. The topological polar surface area (TPSA) is 70.1 Å². The molecule has 2 aliphatic heterocycles. The van der Waals surface area contributed by atoms with Gasteiger partial charge in [-0.3, -0.25) is 14.7 Å². The largest absolute Gasteiger partial charge is 0.493 e. The van der Waals surface area contributed by atoms with E-state index in [0.29, 0.717) is 42.6 Å². The Kier molecular flexibility index (Phi) is 5.48. The number of pyridine rings is 1. The molecule has 0 spiro atoms. The standard InChI is InChI=1S/C26H24N2O5/c1-16-9-21-19(14-28(15-32-21)13-18-5-4-8-27-12-18)26-24(16)25(29)23(33-26)11-17-6-7-20(30-2)22(10-17)31-3/h4-12H,13-15H2,1-3H3. The van der Waals surface area contributed by atoms with E-state index >= 15 is 0 Å². The number of carbonyl (C=O) groups is 1. The molecule has 0 radical (unpaired) electrons. The van der Waals surface area contributed by atoms with Crippen molar-refractivity contribution in [1.29, 1.82) is 0 Å². The van der Waals surface area contributed by atoms with Crippen LogP contribution in [0, 0.1) is 6.92 Å². The number of ketones is 1. The van der Waals surface area contributed by atoms with Gasteiger partial charge >= 0.3 is 0 Å². The number of aromatic nitrogens is 1. The summed E-state index contributed by atoms with van der Waals surface area (Å²) in [4.78, 5) is 19.6. The third kappa shape index (κ3) is 3.91. The number of Topliss-reactive ketones (excluding diaryl/α,β-unsaturated/α-hetero) is 1. The van der Waals surface area contributed by atoms with Gasteiger partial charge in [-0.2, -0.15) is 0 Å². The fraction of sp³-hybridized carbons (Fsp3) is 0.231. The van der Waals surface area contributed by atoms with E-state index in [0.717, 1.165) is 28.0 Å². The highest BCUT2D eigenvalue weighted by Gasteiger charge is 2.35. The van der Waals surface area contributed by atoms with Crippen molar-refractivity contribution in [3.8, 4) is 23.0 Å². The lowest BCUT2D eigenvalue weighted by molar-refractivity contribution is 0.0871. The van der Waals surface area contributed by atoms with Crippen molar-refractivity contribution >= 4 is 11.9 Å². The normalized spacial score (nSPS) is 16.1. The Balaban J connectivity index is 1.46. The van der Waals surface area contributed by atoms with Gasteiger partial charge in [-0.25, -0.2) is 0 Å². The van der Waals surface area contributed by atoms with Crippen LogP contribution in [0.3, 0.4) is 0 Å². The van der Waals surface area contributed by atoms with E-state index in [1.54, 1.807) is 32.6 Å². The van der Waals surface area contributed by atoms with Crippen LogP contribution >= 0.6 is 0 Å². The van der Waals surface area contributed by atoms with E-state index in [1.165, 1.54) is 0 Å². The van der Waals surface area contributed by atoms with Crippen molar-refractivity contribution in [2.45, 2.75) is 20.0 Å². The Hall–Kier alpha value is -3.84. The van der Waals surface area contributed by atoms with Crippen LogP contribution < -0.4 is 18.9 Å². The lowest BCUT2D eigenvalue weighted by atomic mass is 9.98. The smallest absolute Gasteiger partial charge is 0.232 e. The molecule has 0 fully saturated rings. The summed E-state index contributed by atoms with van der Waals surface area (Å²) in [6, 6.07) is 11.3. The Morgan fingerprint density at radius 2 is 2.00 bits per heavy atom. The molecule has 168 valence electrons. The summed E-state index contributed by atoms with van der Waals surface area (Å²) in [5.41, 5.74) is 4.19. The number of benzene rings is 2. The number of rotatable bonds is 5. The highest BCUT2D eigenvalue weighted by Crippen LogP contribution is 2.44. The maximum absolute atomic E-state index is 13.2. The van der Waals surface area contributed by atoms with Crippen LogP contribution in [0.4, 0.5) is 0 Å². The van der Waals surface area contributed by atoms with Gasteiger partial charge in [0.2, 0.25) is 5.78 Å². The van der Waals surface area contributed by atoms with Crippen molar-refractivity contribution in [3.05, 3.63) is 82.4 Å². The number of allylic oxidation sites excluding steroid dienone is 1. The molecular formula is C26H24N2O5. The number of aryl methyl sites for hydroxylation is 1. The molecule has 0 N–H and O–H groups in total. The number of nitrogens with zero attached hydrogens (tertiary/aromatic N) is 2. The first-order valence-corrected chi connectivity index (χ1v) is 10.6. The van der Waals surface area contributed by atoms with Gasteiger partial charge in [0.15, 0.2) is 17.3 Å². The van der Waals surface area contributed by atoms with Gasteiger partial charge in [0, 0.05) is 25.5 Å². The summed E-state index contributed by atoms with van der Waals surface area (Å²) in [6.07, 6.45) is 5.33. The van der Waals surface area contributed by atoms with Crippen LogP contribution in [0.1, 0.15) is 32.6 Å². The zero-order valence-electron chi connectivity index (χ0n) is 18.8. The predicted molar refractivity (Wildman–Crippen MR) is 123 cm³/mol. The molecule has 3 aromatic rings. The molecule has 2 aliphatic rings. The molecule has 5 rings (SSSR count). The van der Waals surface area contributed by atoms with E-state index in [9.17, 15) is 4.79 Å². The zero-order chi connectivity index (χ0) is 22.9. The minimum absolute atomic E-state index is 0.135. The second kappa shape index (κ2) is 8.60. The third-order valence-electron chi connectivity index (χ3n) is 5.82. The molecule has 1 aromatic heterocycles. The summed E-state index contributed by atoms with van der Waals surface area (Å²) < 4.78 is 22.8. The lowest BCUT2D eigenvalue weighted by Gasteiger charge is -2.30.